The number of hydrogen-bond acceptors (Lipinski definition) is 5. The number of aromatic nitrogens is 1. The number of amides is 1. The Balaban J connectivity index is 1.40. The standard InChI is InChI=1S/C22H29N5O/c1-26-14-6-9-18(26)8-4-12-23-16-21(28)27-20-11-3-2-7-17(20)15-25-19-10-5-13-24-22(19)27/h2-3,5,7,10-11,13,18,23,25H,4,6,8-9,12,14-16H2,1H3. The van der Waals surface area contributed by atoms with Crippen molar-refractivity contribution in [3.8, 4) is 0 Å². The van der Waals surface area contributed by atoms with Crippen LogP contribution in [0.25, 0.3) is 0 Å². The van der Waals surface area contributed by atoms with E-state index in [1.165, 1.54) is 25.8 Å². The Hall–Kier alpha value is -2.44. The number of fused-ring (bicyclic) bond motifs is 2. The van der Waals surface area contributed by atoms with E-state index in [1.807, 2.05) is 30.3 Å². The molecule has 0 bridgehead atoms. The molecule has 1 unspecified atom stereocenters. The highest BCUT2D eigenvalue weighted by Crippen LogP contribution is 2.35. The van der Waals surface area contributed by atoms with Crippen molar-refractivity contribution in [3.63, 3.8) is 0 Å². The van der Waals surface area contributed by atoms with Crippen LogP contribution in [0.4, 0.5) is 17.2 Å². The molecule has 2 N–H and O–H groups in total. The van der Waals surface area contributed by atoms with Gasteiger partial charge in [0.05, 0.1) is 17.9 Å². The van der Waals surface area contributed by atoms with Crippen molar-refractivity contribution < 1.29 is 4.79 Å². The first kappa shape index (κ1) is 18.9. The molecular weight excluding hydrogens is 350 g/mol. The topological polar surface area (TPSA) is 60.5 Å². The summed E-state index contributed by atoms with van der Waals surface area (Å²) in [5.74, 6) is 0.695. The van der Waals surface area contributed by atoms with E-state index < -0.39 is 0 Å². The molecule has 0 saturated carbocycles. The zero-order valence-corrected chi connectivity index (χ0v) is 16.5. The molecule has 1 aromatic heterocycles. The zero-order valence-electron chi connectivity index (χ0n) is 16.5. The summed E-state index contributed by atoms with van der Waals surface area (Å²) in [5, 5.41) is 6.74. The van der Waals surface area contributed by atoms with E-state index in [0.29, 0.717) is 24.9 Å². The van der Waals surface area contributed by atoms with Crippen molar-refractivity contribution in [1.82, 2.24) is 15.2 Å². The predicted molar refractivity (Wildman–Crippen MR) is 113 cm³/mol. The van der Waals surface area contributed by atoms with Gasteiger partial charge < -0.3 is 15.5 Å². The summed E-state index contributed by atoms with van der Waals surface area (Å²) in [6, 6.07) is 12.6. The van der Waals surface area contributed by atoms with Crippen LogP contribution in [0.3, 0.4) is 0 Å². The Morgan fingerprint density at radius 1 is 1.29 bits per heavy atom. The maximum atomic E-state index is 13.1. The van der Waals surface area contributed by atoms with Gasteiger partial charge in [-0.25, -0.2) is 4.98 Å². The van der Waals surface area contributed by atoms with Crippen LogP contribution in [0.5, 0.6) is 0 Å². The molecular formula is C22H29N5O. The summed E-state index contributed by atoms with van der Waals surface area (Å²) in [5.41, 5.74) is 2.89. The smallest absolute Gasteiger partial charge is 0.246 e. The van der Waals surface area contributed by atoms with Gasteiger partial charge in [-0.2, -0.15) is 0 Å². The van der Waals surface area contributed by atoms with Crippen LogP contribution in [0.1, 0.15) is 31.2 Å². The zero-order chi connectivity index (χ0) is 19.3. The third kappa shape index (κ3) is 4.03. The first-order valence-corrected chi connectivity index (χ1v) is 10.2. The Labute approximate surface area is 166 Å². The summed E-state index contributed by atoms with van der Waals surface area (Å²) in [6.07, 6.45) is 6.63. The van der Waals surface area contributed by atoms with Gasteiger partial charge in [-0.3, -0.25) is 9.69 Å². The normalized spacial score (nSPS) is 18.9. The van der Waals surface area contributed by atoms with Crippen molar-refractivity contribution in [3.05, 3.63) is 48.2 Å². The van der Waals surface area contributed by atoms with Gasteiger partial charge in [0.1, 0.15) is 0 Å². The molecule has 1 fully saturated rings. The molecule has 6 nitrogen and oxygen atoms in total. The first-order valence-electron chi connectivity index (χ1n) is 10.2. The predicted octanol–water partition coefficient (Wildman–Crippen LogP) is 3.14. The van der Waals surface area contributed by atoms with Crippen molar-refractivity contribution in [2.75, 3.05) is 36.9 Å². The minimum Gasteiger partial charge on any atom is -0.378 e. The molecule has 2 aromatic rings. The number of nitrogens with one attached hydrogen (secondary N) is 2. The molecule has 6 heteroatoms. The molecule has 0 aliphatic carbocycles. The molecule has 0 spiro atoms. The fourth-order valence-electron chi connectivity index (χ4n) is 4.23. The average Bonchev–Trinajstić information content (AvgIpc) is 3.04. The lowest BCUT2D eigenvalue weighted by molar-refractivity contribution is -0.117. The number of nitrogens with zero attached hydrogens (tertiary/aromatic N) is 3. The summed E-state index contributed by atoms with van der Waals surface area (Å²) in [7, 11) is 2.21. The Kier molecular flexibility index (Phi) is 5.88. The van der Waals surface area contributed by atoms with Gasteiger partial charge in [0, 0.05) is 18.8 Å². The third-order valence-corrected chi connectivity index (χ3v) is 5.79. The Morgan fingerprint density at radius 3 is 3.04 bits per heavy atom. The van der Waals surface area contributed by atoms with Crippen molar-refractivity contribution in [1.29, 1.82) is 0 Å². The average molecular weight is 380 g/mol. The summed E-state index contributed by atoms with van der Waals surface area (Å²) < 4.78 is 0. The fraction of sp³-hybridized carbons (Fsp3) is 0.455. The molecule has 2 aliphatic rings. The Morgan fingerprint density at radius 2 is 2.18 bits per heavy atom. The maximum Gasteiger partial charge on any atom is 0.246 e. The largest absolute Gasteiger partial charge is 0.378 e. The second-order valence-electron chi connectivity index (χ2n) is 7.68. The van der Waals surface area contributed by atoms with Crippen LogP contribution in [0.2, 0.25) is 0 Å². The van der Waals surface area contributed by atoms with Gasteiger partial charge in [0.15, 0.2) is 5.82 Å². The van der Waals surface area contributed by atoms with E-state index in [0.717, 1.165) is 29.9 Å². The van der Waals surface area contributed by atoms with E-state index in [4.69, 9.17) is 0 Å². The molecule has 1 aromatic carbocycles. The van der Waals surface area contributed by atoms with Crippen LogP contribution < -0.4 is 15.5 Å². The van der Waals surface area contributed by atoms with Crippen molar-refractivity contribution >= 4 is 23.1 Å². The van der Waals surface area contributed by atoms with Gasteiger partial charge in [0.25, 0.3) is 0 Å². The maximum absolute atomic E-state index is 13.1. The number of carbonyl (C=O) groups excluding carboxylic acids is 1. The lowest BCUT2D eigenvalue weighted by Crippen LogP contribution is -2.36. The van der Waals surface area contributed by atoms with Crippen LogP contribution in [-0.4, -0.2) is 48.5 Å². The number of hydrogen-bond donors (Lipinski definition) is 2. The first-order chi connectivity index (χ1) is 13.7. The van der Waals surface area contributed by atoms with Gasteiger partial charge in [-0.1, -0.05) is 18.2 Å². The molecule has 0 radical (unpaired) electrons. The third-order valence-electron chi connectivity index (χ3n) is 5.79. The van der Waals surface area contributed by atoms with Gasteiger partial charge in [0.2, 0.25) is 5.91 Å². The van der Waals surface area contributed by atoms with Crippen LogP contribution in [0, 0.1) is 0 Å². The van der Waals surface area contributed by atoms with E-state index in [-0.39, 0.29) is 5.91 Å². The van der Waals surface area contributed by atoms with Crippen LogP contribution >= 0.6 is 0 Å². The lowest BCUT2D eigenvalue weighted by Gasteiger charge is -2.23. The van der Waals surface area contributed by atoms with Gasteiger partial charge in [-0.05, 0) is 69.6 Å². The number of rotatable bonds is 6. The minimum atomic E-state index is 0.0223. The van der Waals surface area contributed by atoms with Crippen molar-refractivity contribution in [2.24, 2.45) is 0 Å². The Bertz CT molecular complexity index is 777. The van der Waals surface area contributed by atoms with Crippen LogP contribution in [-0.2, 0) is 11.3 Å². The highest BCUT2D eigenvalue weighted by atomic mass is 16.2. The van der Waals surface area contributed by atoms with Gasteiger partial charge in [-0.15, -0.1) is 0 Å². The SMILES string of the molecule is CN1CCCC1CCCNCC(=O)N1c2ccccc2CNc2cccnc21. The van der Waals surface area contributed by atoms with E-state index in [1.54, 1.807) is 11.1 Å². The van der Waals surface area contributed by atoms with Gasteiger partial charge >= 0.3 is 0 Å². The highest BCUT2D eigenvalue weighted by molar-refractivity contribution is 6.04. The number of anilines is 3. The molecule has 28 heavy (non-hydrogen) atoms. The summed E-state index contributed by atoms with van der Waals surface area (Å²) in [6.45, 7) is 3.07. The molecule has 2 aliphatic heterocycles. The molecule has 1 amide bonds. The second kappa shape index (κ2) is 8.71. The molecule has 1 atom stereocenters. The van der Waals surface area contributed by atoms with E-state index in [9.17, 15) is 4.79 Å². The summed E-state index contributed by atoms with van der Waals surface area (Å²) >= 11 is 0. The number of benzene rings is 1. The monoisotopic (exact) mass is 379 g/mol. The number of likely N-dealkylation sites (tertiary alicyclic amines) is 1. The number of carbonyl (C=O) groups is 1. The molecule has 148 valence electrons. The quantitative estimate of drug-likeness (QED) is 0.755. The van der Waals surface area contributed by atoms with E-state index in [2.05, 4.69) is 33.6 Å². The minimum absolute atomic E-state index is 0.0223. The van der Waals surface area contributed by atoms with Crippen molar-refractivity contribution in [2.45, 2.75) is 38.3 Å². The lowest BCUT2D eigenvalue weighted by atomic mass is 10.1. The van der Waals surface area contributed by atoms with Crippen LogP contribution in [0.15, 0.2) is 42.6 Å². The fourth-order valence-corrected chi connectivity index (χ4v) is 4.23. The number of pyridine rings is 1. The number of para-hydroxylation sites is 1. The highest BCUT2D eigenvalue weighted by Gasteiger charge is 2.26. The molecule has 4 rings (SSSR count). The molecule has 1 saturated heterocycles. The molecule has 3 heterocycles. The van der Waals surface area contributed by atoms with E-state index >= 15 is 0 Å². The second-order valence-corrected chi connectivity index (χ2v) is 7.68. The summed E-state index contributed by atoms with van der Waals surface area (Å²) in [4.78, 5) is 21.8.